The minimum absolute atomic E-state index is 0.173. The van der Waals surface area contributed by atoms with Crippen molar-refractivity contribution < 1.29 is 28.6 Å². The van der Waals surface area contributed by atoms with Gasteiger partial charge in [0, 0.05) is 12.6 Å². The van der Waals surface area contributed by atoms with Crippen molar-refractivity contribution in [3.05, 3.63) is 35.9 Å². The zero-order valence-electron chi connectivity index (χ0n) is 20.8. The topological polar surface area (TPSA) is 94.2 Å². The average Bonchev–Trinajstić information content (AvgIpc) is 3.07. The Bertz CT molecular complexity index is 812. The Morgan fingerprint density at radius 1 is 1.00 bits per heavy atom. The summed E-state index contributed by atoms with van der Waals surface area (Å²) in [4.78, 5) is 40.4. The van der Waals surface area contributed by atoms with Crippen molar-refractivity contribution in [2.24, 2.45) is 0 Å². The van der Waals surface area contributed by atoms with E-state index in [9.17, 15) is 14.4 Å². The second kappa shape index (κ2) is 11.0. The third kappa shape index (κ3) is 8.35. The van der Waals surface area contributed by atoms with Gasteiger partial charge in [0.25, 0.3) is 0 Å². The van der Waals surface area contributed by atoms with E-state index in [-0.39, 0.29) is 12.6 Å². The molecule has 1 fully saturated rings. The number of hydrogen-bond donors (Lipinski definition) is 1. The lowest BCUT2D eigenvalue weighted by Gasteiger charge is -2.34. The molecule has 0 aliphatic carbocycles. The molecule has 1 saturated heterocycles. The predicted molar refractivity (Wildman–Crippen MR) is 124 cm³/mol. The minimum atomic E-state index is -0.990. The highest BCUT2D eigenvalue weighted by atomic mass is 16.6. The summed E-state index contributed by atoms with van der Waals surface area (Å²) in [7, 11) is 0. The number of nitrogens with one attached hydrogen (secondary N) is 1. The first-order valence-electron chi connectivity index (χ1n) is 11.5. The molecule has 1 aliphatic heterocycles. The van der Waals surface area contributed by atoms with Crippen molar-refractivity contribution in [3.8, 4) is 0 Å². The molecule has 1 aromatic rings. The van der Waals surface area contributed by atoms with Crippen molar-refractivity contribution in [2.45, 2.75) is 97.2 Å². The molecule has 1 amide bonds. The average molecular weight is 463 g/mol. The highest BCUT2D eigenvalue weighted by molar-refractivity contribution is 5.83. The summed E-state index contributed by atoms with van der Waals surface area (Å²) >= 11 is 0. The second-order valence-electron chi connectivity index (χ2n) is 10.2. The molecular formula is C25H38N2O6. The van der Waals surface area contributed by atoms with Gasteiger partial charge in [-0.1, -0.05) is 30.3 Å². The van der Waals surface area contributed by atoms with E-state index in [1.54, 1.807) is 27.7 Å². The van der Waals surface area contributed by atoms with Crippen LogP contribution in [0.1, 0.15) is 66.9 Å². The molecule has 1 aliphatic rings. The Labute approximate surface area is 196 Å². The Morgan fingerprint density at radius 2 is 1.61 bits per heavy atom. The van der Waals surface area contributed by atoms with Crippen LogP contribution < -0.4 is 5.32 Å². The quantitative estimate of drug-likeness (QED) is 0.486. The highest BCUT2D eigenvalue weighted by Gasteiger charge is 2.46. The molecule has 1 N–H and O–H groups in total. The van der Waals surface area contributed by atoms with Gasteiger partial charge < -0.3 is 19.5 Å². The standard InChI is InChI=1S/C25H38N2O6/c1-8-31-22(29)20(26-23(30)33-25(5,6)7)18-14-15-19(21(28)32-24(2,3)4)27(18)16-17-12-10-9-11-13-17/h9-13,18-20H,8,14-16H2,1-7H3,(H,26,30)/t18-,19-,20-/m0/s1. The van der Waals surface area contributed by atoms with Crippen LogP contribution in [-0.2, 0) is 30.3 Å². The van der Waals surface area contributed by atoms with Crippen LogP contribution in [0.4, 0.5) is 4.79 Å². The van der Waals surface area contributed by atoms with Crippen LogP contribution in [-0.4, -0.2) is 58.9 Å². The molecular weight excluding hydrogens is 424 g/mol. The smallest absolute Gasteiger partial charge is 0.408 e. The molecule has 0 spiro atoms. The van der Waals surface area contributed by atoms with Gasteiger partial charge in [-0.05, 0) is 66.9 Å². The lowest BCUT2D eigenvalue weighted by atomic mass is 10.1. The maximum atomic E-state index is 13.0. The van der Waals surface area contributed by atoms with Gasteiger partial charge in [-0.15, -0.1) is 0 Å². The van der Waals surface area contributed by atoms with Crippen molar-refractivity contribution in [1.29, 1.82) is 0 Å². The molecule has 184 valence electrons. The zero-order chi connectivity index (χ0) is 24.8. The number of alkyl carbamates (subject to hydrolysis) is 1. The molecule has 0 unspecified atom stereocenters. The van der Waals surface area contributed by atoms with Crippen LogP contribution in [0.15, 0.2) is 30.3 Å². The summed E-state index contributed by atoms with van der Waals surface area (Å²) in [6, 6.07) is 7.68. The first kappa shape index (κ1) is 26.6. The first-order valence-corrected chi connectivity index (χ1v) is 11.5. The van der Waals surface area contributed by atoms with Gasteiger partial charge in [0.1, 0.15) is 23.3 Å². The molecule has 8 heteroatoms. The molecule has 2 rings (SSSR count). The molecule has 0 bridgehead atoms. The fourth-order valence-electron chi connectivity index (χ4n) is 3.87. The van der Waals surface area contributed by atoms with Crippen molar-refractivity contribution in [1.82, 2.24) is 10.2 Å². The van der Waals surface area contributed by atoms with E-state index >= 15 is 0 Å². The van der Waals surface area contributed by atoms with Crippen molar-refractivity contribution >= 4 is 18.0 Å². The normalized spacial score (nSPS) is 20.1. The molecule has 8 nitrogen and oxygen atoms in total. The highest BCUT2D eigenvalue weighted by Crippen LogP contribution is 2.31. The van der Waals surface area contributed by atoms with E-state index in [4.69, 9.17) is 14.2 Å². The Kier molecular flexibility index (Phi) is 8.89. The van der Waals surface area contributed by atoms with Crippen LogP contribution in [0.25, 0.3) is 0 Å². The van der Waals surface area contributed by atoms with Crippen LogP contribution in [0, 0.1) is 0 Å². The number of carbonyl (C=O) groups is 3. The Morgan fingerprint density at radius 3 is 2.15 bits per heavy atom. The van der Waals surface area contributed by atoms with Crippen LogP contribution in [0.2, 0.25) is 0 Å². The van der Waals surface area contributed by atoms with E-state index in [0.29, 0.717) is 19.4 Å². The molecule has 0 radical (unpaired) electrons. The lowest BCUT2D eigenvalue weighted by molar-refractivity contribution is -0.162. The van der Waals surface area contributed by atoms with Gasteiger partial charge >= 0.3 is 18.0 Å². The molecule has 3 atom stereocenters. The molecule has 33 heavy (non-hydrogen) atoms. The van der Waals surface area contributed by atoms with Crippen LogP contribution >= 0.6 is 0 Å². The number of esters is 2. The summed E-state index contributed by atoms with van der Waals surface area (Å²) in [6.45, 7) is 13.0. The third-order valence-corrected chi connectivity index (χ3v) is 5.05. The van der Waals surface area contributed by atoms with Gasteiger partial charge in [0.05, 0.1) is 6.61 Å². The fourth-order valence-corrected chi connectivity index (χ4v) is 3.87. The van der Waals surface area contributed by atoms with E-state index in [2.05, 4.69) is 5.32 Å². The van der Waals surface area contributed by atoms with E-state index in [1.165, 1.54) is 0 Å². The fraction of sp³-hybridized carbons (Fsp3) is 0.640. The number of amides is 1. The minimum Gasteiger partial charge on any atom is -0.464 e. The van der Waals surface area contributed by atoms with Gasteiger partial charge in [-0.3, -0.25) is 9.69 Å². The number of likely N-dealkylation sites (tertiary alicyclic amines) is 1. The third-order valence-electron chi connectivity index (χ3n) is 5.05. The monoisotopic (exact) mass is 462 g/mol. The Hall–Kier alpha value is -2.61. The summed E-state index contributed by atoms with van der Waals surface area (Å²) < 4.78 is 16.3. The number of ether oxygens (including phenoxy) is 3. The van der Waals surface area contributed by atoms with Crippen molar-refractivity contribution in [3.63, 3.8) is 0 Å². The molecule has 0 saturated carbocycles. The Balaban J connectivity index is 2.35. The second-order valence-corrected chi connectivity index (χ2v) is 10.2. The van der Waals surface area contributed by atoms with Gasteiger partial charge in [0.15, 0.2) is 0 Å². The number of carbonyl (C=O) groups excluding carboxylic acids is 3. The number of benzene rings is 1. The van der Waals surface area contributed by atoms with E-state index < -0.39 is 41.4 Å². The summed E-state index contributed by atoms with van der Waals surface area (Å²) in [5.74, 6) is -0.905. The van der Waals surface area contributed by atoms with Crippen LogP contribution in [0.3, 0.4) is 0 Å². The SMILES string of the molecule is CCOC(=O)[C@@H](NC(=O)OC(C)(C)C)[C@@H]1CC[C@@H](C(=O)OC(C)(C)C)N1Cc1ccccc1. The maximum absolute atomic E-state index is 13.0. The number of hydrogen-bond acceptors (Lipinski definition) is 7. The summed E-state index contributed by atoms with van der Waals surface area (Å²) in [5, 5.41) is 2.69. The summed E-state index contributed by atoms with van der Waals surface area (Å²) in [5.41, 5.74) is -0.372. The predicted octanol–water partition coefficient (Wildman–Crippen LogP) is 3.82. The lowest BCUT2D eigenvalue weighted by Crippen LogP contribution is -2.56. The van der Waals surface area contributed by atoms with E-state index in [1.807, 2.05) is 56.0 Å². The maximum Gasteiger partial charge on any atom is 0.408 e. The summed E-state index contributed by atoms with van der Waals surface area (Å²) in [6.07, 6.45) is 0.301. The van der Waals surface area contributed by atoms with Crippen LogP contribution in [0.5, 0.6) is 0 Å². The molecule has 1 aromatic carbocycles. The first-order chi connectivity index (χ1) is 15.3. The van der Waals surface area contributed by atoms with Gasteiger partial charge in [0.2, 0.25) is 0 Å². The van der Waals surface area contributed by atoms with E-state index in [0.717, 1.165) is 5.56 Å². The van der Waals surface area contributed by atoms with Gasteiger partial charge in [-0.25, -0.2) is 9.59 Å². The number of rotatable bonds is 7. The largest absolute Gasteiger partial charge is 0.464 e. The van der Waals surface area contributed by atoms with Crippen molar-refractivity contribution in [2.75, 3.05) is 6.61 Å². The molecule has 0 aromatic heterocycles. The molecule has 1 heterocycles. The van der Waals surface area contributed by atoms with Gasteiger partial charge in [-0.2, -0.15) is 0 Å². The zero-order valence-corrected chi connectivity index (χ0v) is 20.8. The number of nitrogens with zero attached hydrogens (tertiary/aromatic N) is 1.